The maximum absolute atomic E-state index is 12.6. The molecular formula is C25H22N4O5S2. The van der Waals surface area contributed by atoms with E-state index in [0.717, 1.165) is 11.3 Å². The predicted octanol–water partition coefficient (Wildman–Crippen LogP) is 4.88. The molecule has 0 aliphatic carbocycles. The molecule has 11 heteroatoms. The molecule has 0 saturated heterocycles. The highest BCUT2D eigenvalue weighted by atomic mass is 32.2. The Hall–Kier alpha value is -4.22. The summed E-state index contributed by atoms with van der Waals surface area (Å²) in [6.07, 6.45) is -0.0219. The zero-order valence-electron chi connectivity index (χ0n) is 19.1. The molecule has 9 nitrogen and oxygen atoms in total. The van der Waals surface area contributed by atoms with E-state index in [1.54, 1.807) is 29.6 Å². The Balaban J connectivity index is 1.31. The SMILES string of the molecule is CC(=O)Nc1ccc(S(=O)(=O)Nc2nc(CC(=O)Nc3ccc(Oc4ccccc4)cc3)cs2)cc1. The Bertz CT molecular complexity index is 1450. The molecular weight excluding hydrogens is 500 g/mol. The molecule has 4 rings (SSSR count). The lowest BCUT2D eigenvalue weighted by Crippen LogP contribution is -2.15. The number of thiazole rings is 1. The number of anilines is 3. The average Bonchev–Trinajstić information content (AvgIpc) is 3.26. The van der Waals surface area contributed by atoms with Crippen LogP contribution < -0.4 is 20.1 Å². The van der Waals surface area contributed by atoms with Gasteiger partial charge in [-0.25, -0.2) is 13.4 Å². The number of carbonyl (C=O) groups is 2. The van der Waals surface area contributed by atoms with Gasteiger partial charge in [-0.3, -0.25) is 14.3 Å². The fourth-order valence-electron chi connectivity index (χ4n) is 3.13. The van der Waals surface area contributed by atoms with Crippen LogP contribution in [-0.4, -0.2) is 25.2 Å². The zero-order chi connectivity index (χ0) is 25.5. The van der Waals surface area contributed by atoms with Crippen LogP contribution in [0.25, 0.3) is 0 Å². The molecule has 0 atom stereocenters. The number of amides is 2. The highest BCUT2D eigenvalue weighted by Crippen LogP contribution is 2.24. The number of carbonyl (C=O) groups excluding carboxylic acids is 2. The van der Waals surface area contributed by atoms with Crippen molar-refractivity contribution in [2.24, 2.45) is 0 Å². The van der Waals surface area contributed by atoms with Gasteiger partial charge >= 0.3 is 0 Å². The lowest BCUT2D eigenvalue weighted by molar-refractivity contribution is -0.116. The van der Waals surface area contributed by atoms with Crippen LogP contribution in [0.3, 0.4) is 0 Å². The van der Waals surface area contributed by atoms with Gasteiger partial charge in [-0.1, -0.05) is 18.2 Å². The van der Waals surface area contributed by atoms with Crippen LogP contribution in [0.1, 0.15) is 12.6 Å². The van der Waals surface area contributed by atoms with Crippen molar-refractivity contribution in [3.63, 3.8) is 0 Å². The summed E-state index contributed by atoms with van der Waals surface area (Å²) in [5.41, 5.74) is 1.52. The van der Waals surface area contributed by atoms with Crippen LogP contribution in [0, 0.1) is 0 Å². The van der Waals surface area contributed by atoms with E-state index in [-0.39, 0.29) is 28.3 Å². The number of para-hydroxylation sites is 1. The first-order chi connectivity index (χ1) is 17.3. The number of ether oxygens (including phenoxy) is 1. The minimum absolute atomic E-state index is 0.0192. The summed E-state index contributed by atoms with van der Waals surface area (Å²) in [5, 5.41) is 7.12. The van der Waals surface area contributed by atoms with Crippen molar-refractivity contribution in [1.82, 2.24) is 4.98 Å². The number of nitrogens with one attached hydrogen (secondary N) is 3. The number of rotatable bonds is 9. The van der Waals surface area contributed by atoms with Gasteiger partial charge in [0.25, 0.3) is 10.0 Å². The molecule has 0 saturated carbocycles. The van der Waals surface area contributed by atoms with Crippen LogP contribution in [0.5, 0.6) is 11.5 Å². The van der Waals surface area contributed by atoms with Gasteiger partial charge in [-0.05, 0) is 60.7 Å². The van der Waals surface area contributed by atoms with Crippen LogP contribution in [-0.2, 0) is 26.0 Å². The van der Waals surface area contributed by atoms with E-state index in [0.29, 0.717) is 28.6 Å². The number of hydrogen-bond donors (Lipinski definition) is 3. The summed E-state index contributed by atoms with van der Waals surface area (Å²) in [4.78, 5) is 27.8. The average molecular weight is 523 g/mol. The fraction of sp³-hybridized carbons (Fsp3) is 0.0800. The molecule has 0 bridgehead atoms. The van der Waals surface area contributed by atoms with Gasteiger partial charge in [0.2, 0.25) is 11.8 Å². The summed E-state index contributed by atoms with van der Waals surface area (Å²) in [6.45, 7) is 1.37. The van der Waals surface area contributed by atoms with Crippen molar-refractivity contribution in [3.8, 4) is 11.5 Å². The highest BCUT2D eigenvalue weighted by Gasteiger charge is 2.17. The highest BCUT2D eigenvalue weighted by molar-refractivity contribution is 7.93. The van der Waals surface area contributed by atoms with E-state index >= 15 is 0 Å². The Morgan fingerprint density at radius 2 is 1.47 bits per heavy atom. The van der Waals surface area contributed by atoms with Crippen LogP contribution >= 0.6 is 11.3 Å². The molecule has 0 spiro atoms. The van der Waals surface area contributed by atoms with E-state index in [4.69, 9.17) is 4.74 Å². The van der Waals surface area contributed by atoms with Crippen molar-refractivity contribution in [2.45, 2.75) is 18.2 Å². The second-order valence-corrected chi connectivity index (χ2v) is 10.2. The molecule has 3 aromatic carbocycles. The Morgan fingerprint density at radius 1 is 0.861 bits per heavy atom. The quantitative estimate of drug-likeness (QED) is 0.288. The molecule has 36 heavy (non-hydrogen) atoms. The van der Waals surface area contributed by atoms with E-state index in [1.165, 1.54) is 31.2 Å². The topological polar surface area (TPSA) is 126 Å². The molecule has 1 heterocycles. The Morgan fingerprint density at radius 3 is 2.14 bits per heavy atom. The van der Waals surface area contributed by atoms with E-state index in [9.17, 15) is 18.0 Å². The second kappa shape index (κ2) is 11.0. The van der Waals surface area contributed by atoms with Crippen molar-refractivity contribution in [1.29, 1.82) is 0 Å². The molecule has 0 unspecified atom stereocenters. The summed E-state index contributed by atoms with van der Waals surface area (Å²) < 4.78 is 33.4. The fourth-order valence-corrected chi connectivity index (χ4v) is 5.09. The van der Waals surface area contributed by atoms with E-state index in [1.807, 2.05) is 30.3 Å². The number of nitrogens with zero attached hydrogens (tertiary/aromatic N) is 1. The van der Waals surface area contributed by atoms with E-state index < -0.39 is 10.0 Å². The van der Waals surface area contributed by atoms with Gasteiger partial charge < -0.3 is 15.4 Å². The number of sulfonamides is 1. The van der Waals surface area contributed by atoms with Crippen molar-refractivity contribution < 1.29 is 22.7 Å². The molecule has 0 radical (unpaired) electrons. The first-order valence-electron chi connectivity index (χ1n) is 10.7. The Kier molecular flexibility index (Phi) is 7.62. The van der Waals surface area contributed by atoms with Gasteiger partial charge in [0.05, 0.1) is 17.0 Å². The van der Waals surface area contributed by atoms with Crippen molar-refractivity contribution >= 4 is 49.7 Å². The lowest BCUT2D eigenvalue weighted by atomic mass is 10.2. The monoisotopic (exact) mass is 522 g/mol. The molecule has 2 amide bonds. The minimum atomic E-state index is -3.88. The van der Waals surface area contributed by atoms with Gasteiger partial charge in [0.15, 0.2) is 5.13 Å². The molecule has 1 aromatic heterocycles. The third kappa shape index (κ3) is 6.90. The smallest absolute Gasteiger partial charge is 0.263 e. The number of hydrogen-bond acceptors (Lipinski definition) is 7. The van der Waals surface area contributed by atoms with Crippen LogP contribution in [0.2, 0.25) is 0 Å². The third-order valence-electron chi connectivity index (χ3n) is 4.72. The first-order valence-corrected chi connectivity index (χ1v) is 13.1. The van der Waals surface area contributed by atoms with Gasteiger partial charge in [-0.15, -0.1) is 11.3 Å². The van der Waals surface area contributed by atoms with Gasteiger partial charge in [0, 0.05) is 23.7 Å². The molecule has 0 aliphatic heterocycles. The minimum Gasteiger partial charge on any atom is -0.457 e. The molecule has 0 fully saturated rings. The Labute approximate surface area is 212 Å². The lowest BCUT2D eigenvalue weighted by Gasteiger charge is -2.08. The maximum Gasteiger partial charge on any atom is 0.263 e. The normalized spacial score (nSPS) is 10.9. The largest absolute Gasteiger partial charge is 0.457 e. The second-order valence-electron chi connectivity index (χ2n) is 7.62. The summed E-state index contributed by atoms with van der Waals surface area (Å²) in [7, 11) is -3.88. The van der Waals surface area contributed by atoms with Crippen molar-refractivity contribution in [2.75, 3.05) is 15.4 Å². The third-order valence-corrected chi connectivity index (χ3v) is 7.01. The van der Waals surface area contributed by atoms with E-state index in [2.05, 4.69) is 20.3 Å². The van der Waals surface area contributed by atoms with Gasteiger partial charge in [-0.2, -0.15) is 0 Å². The number of aromatic nitrogens is 1. The number of benzene rings is 3. The first kappa shape index (κ1) is 24.9. The predicted molar refractivity (Wildman–Crippen MR) is 139 cm³/mol. The molecule has 0 aliphatic rings. The maximum atomic E-state index is 12.6. The summed E-state index contributed by atoms with van der Waals surface area (Å²) >= 11 is 1.08. The molecule has 3 N–H and O–H groups in total. The standard InChI is InChI=1S/C25H22N4O5S2/c1-17(30)26-18-9-13-23(14-10-18)36(32,33)29-25-28-20(16-35-25)15-24(31)27-19-7-11-22(12-8-19)34-21-5-3-2-4-6-21/h2-14,16H,15H2,1H3,(H,26,30)(H,27,31)(H,28,29). The van der Waals surface area contributed by atoms with Crippen LogP contribution in [0.15, 0.2) is 89.1 Å². The summed E-state index contributed by atoms with van der Waals surface area (Å²) in [6, 6.07) is 22.1. The molecule has 4 aromatic rings. The van der Waals surface area contributed by atoms with Gasteiger partial charge in [0.1, 0.15) is 11.5 Å². The van der Waals surface area contributed by atoms with Crippen LogP contribution in [0.4, 0.5) is 16.5 Å². The zero-order valence-corrected chi connectivity index (χ0v) is 20.7. The van der Waals surface area contributed by atoms with Crippen molar-refractivity contribution in [3.05, 3.63) is 89.9 Å². The molecule has 184 valence electrons. The summed E-state index contributed by atoms with van der Waals surface area (Å²) in [5.74, 6) is 0.809.